The molecule has 0 aliphatic carbocycles. The second-order valence-corrected chi connectivity index (χ2v) is 6.76. The van der Waals surface area contributed by atoms with Gasteiger partial charge in [-0.15, -0.1) is 0 Å². The highest BCUT2D eigenvalue weighted by Gasteiger charge is 2.46. The summed E-state index contributed by atoms with van der Waals surface area (Å²) >= 11 is 1.62. The van der Waals surface area contributed by atoms with Gasteiger partial charge in [0, 0.05) is 6.07 Å². The van der Waals surface area contributed by atoms with Crippen LogP contribution in [0.4, 0.5) is 4.39 Å². The van der Waals surface area contributed by atoms with E-state index < -0.39 is 50.3 Å². The Morgan fingerprint density at radius 3 is 2.68 bits per heavy atom. The third-order valence-corrected chi connectivity index (χ3v) is 4.20. The zero-order valence-electron chi connectivity index (χ0n) is 10.6. The van der Waals surface area contributed by atoms with E-state index in [0.717, 1.165) is 10.6 Å². The molecule has 1 aliphatic rings. The van der Waals surface area contributed by atoms with E-state index in [0.29, 0.717) is 0 Å². The lowest BCUT2D eigenvalue weighted by atomic mass is 10.1. The fourth-order valence-corrected chi connectivity index (χ4v) is 3.05. The highest BCUT2D eigenvalue weighted by Crippen LogP contribution is 2.38. The molecule has 0 unspecified atom stereocenters. The van der Waals surface area contributed by atoms with E-state index in [4.69, 9.17) is 14.5 Å². The molecule has 2 heterocycles. The van der Waals surface area contributed by atoms with Crippen LogP contribution in [0.3, 0.4) is 0 Å². The zero-order valence-corrected chi connectivity index (χ0v) is 13.7. The summed E-state index contributed by atoms with van der Waals surface area (Å²) in [6.07, 6.45) is -6.76. The molecular formula is C9H11FIN2O8P. The number of H-pyrrole nitrogens is 1. The van der Waals surface area contributed by atoms with Crippen molar-refractivity contribution < 1.29 is 33.1 Å². The van der Waals surface area contributed by atoms with Crippen LogP contribution in [0.2, 0.25) is 0 Å². The van der Waals surface area contributed by atoms with Crippen molar-refractivity contribution in [3.63, 3.8) is 0 Å². The summed E-state index contributed by atoms with van der Waals surface area (Å²) in [5.41, 5.74) is -1.62. The lowest BCUT2D eigenvalue weighted by Gasteiger charge is -2.17. The molecule has 0 aromatic carbocycles. The highest BCUT2D eigenvalue weighted by atomic mass is 127. The van der Waals surface area contributed by atoms with Gasteiger partial charge in [0.05, 0.1) is 10.3 Å². The molecule has 0 spiro atoms. The van der Waals surface area contributed by atoms with Crippen LogP contribution in [0, 0.1) is 3.70 Å². The van der Waals surface area contributed by atoms with Gasteiger partial charge in [-0.3, -0.25) is 18.9 Å². The molecule has 4 N–H and O–H groups in total. The molecule has 0 radical (unpaired) electrons. The Morgan fingerprint density at radius 2 is 2.14 bits per heavy atom. The van der Waals surface area contributed by atoms with Crippen LogP contribution in [0.1, 0.15) is 6.23 Å². The zero-order chi connectivity index (χ0) is 16.7. The number of phosphoric acid groups is 1. The fraction of sp³-hybridized carbons (Fsp3) is 0.556. The molecular weight excluding hydrogens is 441 g/mol. The first-order chi connectivity index (χ1) is 10.1. The van der Waals surface area contributed by atoms with Gasteiger partial charge in [-0.1, -0.05) is 0 Å². The molecule has 1 aromatic rings. The van der Waals surface area contributed by atoms with Crippen molar-refractivity contribution in [1.82, 2.24) is 9.55 Å². The SMILES string of the molecule is O=c1cc(I)n([C@@H]2O[C@H](COP(=O)(O)O)[C@@H](O)[C@H]2F)c(=O)[nH]1. The number of halogens is 2. The summed E-state index contributed by atoms with van der Waals surface area (Å²) in [5.74, 6) is 0. The number of aromatic nitrogens is 2. The number of hydrogen-bond acceptors (Lipinski definition) is 6. The molecule has 22 heavy (non-hydrogen) atoms. The van der Waals surface area contributed by atoms with Gasteiger partial charge in [0.25, 0.3) is 5.56 Å². The number of aliphatic hydroxyl groups is 1. The smallest absolute Gasteiger partial charge is 0.387 e. The fourth-order valence-electron chi connectivity index (χ4n) is 1.93. The topological polar surface area (TPSA) is 151 Å². The molecule has 2 rings (SSSR count). The lowest BCUT2D eigenvalue weighted by molar-refractivity contribution is -0.0493. The Hall–Kier alpha value is -0.630. The number of alkyl halides is 1. The van der Waals surface area contributed by atoms with Crippen LogP contribution in [-0.4, -0.2) is 49.4 Å². The predicted molar refractivity (Wildman–Crippen MR) is 76.8 cm³/mol. The van der Waals surface area contributed by atoms with Gasteiger partial charge in [-0.05, 0) is 22.6 Å². The van der Waals surface area contributed by atoms with E-state index in [1.165, 1.54) is 0 Å². The Bertz CT molecular complexity index is 716. The van der Waals surface area contributed by atoms with Crippen LogP contribution < -0.4 is 11.2 Å². The van der Waals surface area contributed by atoms with Crippen LogP contribution in [0.15, 0.2) is 15.7 Å². The minimum atomic E-state index is -4.81. The number of nitrogens with one attached hydrogen (secondary N) is 1. The number of nitrogens with zero attached hydrogens (tertiary/aromatic N) is 1. The highest BCUT2D eigenvalue weighted by molar-refractivity contribution is 14.1. The number of rotatable bonds is 4. The molecule has 0 saturated carbocycles. The van der Waals surface area contributed by atoms with Crippen molar-refractivity contribution in [1.29, 1.82) is 0 Å². The van der Waals surface area contributed by atoms with E-state index in [1.807, 2.05) is 4.98 Å². The van der Waals surface area contributed by atoms with Crippen molar-refractivity contribution in [2.24, 2.45) is 0 Å². The third-order valence-electron chi connectivity index (χ3n) is 2.88. The summed E-state index contributed by atoms with van der Waals surface area (Å²) < 4.78 is 34.9. The van der Waals surface area contributed by atoms with Gasteiger partial charge in [0.2, 0.25) is 0 Å². The minimum Gasteiger partial charge on any atom is -0.387 e. The van der Waals surface area contributed by atoms with E-state index in [-0.39, 0.29) is 3.70 Å². The van der Waals surface area contributed by atoms with Gasteiger partial charge in [-0.2, -0.15) is 0 Å². The number of phosphoric ester groups is 1. The second-order valence-electron chi connectivity index (χ2n) is 4.42. The van der Waals surface area contributed by atoms with Crippen molar-refractivity contribution >= 4 is 30.4 Å². The minimum absolute atomic E-state index is 0.0720. The van der Waals surface area contributed by atoms with E-state index in [9.17, 15) is 23.7 Å². The molecule has 1 aromatic heterocycles. The quantitative estimate of drug-likeness (QED) is 0.254. The molecule has 0 amide bonds. The van der Waals surface area contributed by atoms with E-state index in [1.54, 1.807) is 22.6 Å². The summed E-state index contributed by atoms with van der Waals surface area (Å²) in [7, 11) is -4.81. The first kappa shape index (κ1) is 17.7. The van der Waals surface area contributed by atoms with E-state index >= 15 is 0 Å². The first-order valence-electron chi connectivity index (χ1n) is 5.79. The van der Waals surface area contributed by atoms with Gasteiger partial charge in [0.15, 0.2) is 12.4 Å². The maximum Gasteiger partial charge on any atom is 0.469 e. The average molecular weight is 452 g/mol. The molecule has 13 heteroatoms. The summed E-state index contributed by atoms with van der Waals surface area (Å²) in [4.78, 5) is 42.0. The Balaban J connectivity index is 2.26. The van der Waals surface area contributed by atoms with Crippen LogP contribution in [-0.2, 0) is 13.8 Å². The molecule has 1 aliphatic heterocycles. The van der Waals surface area contributed by atoms with Crippen LogP contribution in [0.5, 0.6) is 0 Å². The molecule has 124 valence electrons. The monoisotopic (exact) mass is 452 g/mol. The predicted octanol–water partition coefficient (Wildman–Crippen LogP) is -1.15. The Labute approximate surface area is 135 Å². The van der Waals surface area contributed by atoms with Crippen molar-refractivity contribution in [2.45, 2.75) is 24.6 Å². The molecule has 1 saturated heterocycles. The van der Waals surface area contributed by atoms with Gasteiger partial charge >= 0.3 is 13.5 Å². The summed E-state index contributed by atoms with van der Waals surface area (Å²) in [5, 5.41) is 9.70. The maximum atomic E-state index is 14.1. The summed E-state index contributed by atoms with van der Waals surface area (Å²) in [6, 6.07) is 1.03. The van der Waals surface area contributed by atoms with Crippen LogP contribution in [0.25, 0.3) is 0 Å². The molecule has 1 fully saturated rings. The number of aliphatic hydroxyl groups excluding tert-OH is 1. The van der Waals surface area contributed by atoms with Gasteiger partial charge in [-0.25, -0.2) is 13.8 Å². The summed E-state index contributed by atoms with van der Waals surface area (Å²) in [6.45, 7) is -0.767. The van der Waals surface area contributed by atoms with Crippen molar-refractivity contribution in [3.05, 3.63) is 30.6 Å². The third kappa shape index (κ3) is 3.82. The second kappa shape index (κ2) is 6.47. The maximum absolute atomic E-state index is 14.1. The largest absolute Gasteiger partial charge is 0.469 e. The molecule has 10 nitrogen and oxygen atoms in total. The van der Waals surface area contributed by atoms with E-state index in [2.05, 4.69) is 4.52 Å². The first-order valence-corrected chi connectivity index (χ1v) is 8.40. The normalized spacial score (nSPS) is 29.0. The van der Waals surface area contributed by atoms with Crippen LogP contribution >= 0.6 is 30.4 Å². The standard InChI is InChI=1S/C9H11FIN2O8P/c10-6-7(15)3(2-20-22(17,18)19)21-8(6)13-4(11)1-5(14)12-9(13)16/h1,3,6-8,15H,2H2,(H,12,14,16)(H2,17,18,19)/t3-,6-,7-,8-/m1/s1. The lowest BCUT2D eigenvalue weighted by Crippen LogP contribution is -2.37. The number of hydrogen-bond donors (Lipinski definition) is 4. The number of aromatic amines is 1. The molecule has 4 atom stereocenters. The van der Waals surface area contributed by atoms with Crippen molar-refractivity contribution in [2.75, 3.05) is 6.61 Å². The number of ether oxygens (including phenoxy) is 1. The van der Waals surface area contributed by atoms with Crippen molar-refractivity contribution in [3.8, 4) is 0 Å². The average Bonchev–Trinajstić information content (AvgIpc) is 2.63. The van der Waals surface area contributed by atoms with Gasteiger partial charge < -0.3 is 19.6 Å². The Morgan fingerprint density at radius 1 is 1.50 bits per heavy atom. The Kier molecular flexibility index (Phi) is 5.21. The van der Waals surface area contributed by atoms with Gasteiger partial charge in [0.1, 0.15) is 12.2 Å². The molecule has 0 bridgehead atoms.